The largest absolute Gasteiger partial charge is 0.480 e. The molecule has 0 aromatic carbocycles. The molecule has 0 unspecified atom stereocenters. The standard InChI is InChI=1S/C17H24N4O3/c1-4-19(3)17-13(2)18-16-14(6-5-7-21(16)17)24-12-15(22)20-8-10-23-11-9-20/h5-7H,4,8-12H2,1-3H3. The van der Waals surface area contributed by atoms with Crippen molar-refractivity contribution >= 4 is 17.4 Å². The van der Waals surface area contributed by atoms with Crippen molar-refractivity contribution in [3.8, 4) is 5.75 Å². The van der Waals surface area contributed by atoms with Crippen molar-refractivity contribution in [3.05, 3.63) is 24.0 Å². The van der Waals surface area contributed by atoms with Crippen molar-refractivity contribution in [1.82, 2.24) is 14.3 Å². The van der Waals surface area contributed by atoms with E-state index in [1.807, 2.05) is 36.7 Å². The van der Waals surface area contributed by atoms with Gasteiger partial charge in [-0.25, -0.2) is 4.98 Å². The molecule has 1 fully saturated rings. The van der Waals surface area contributed by atoms with Crippen LogP contribution in [0.1, 0.15) is 12.6 Å². The molecule has 130 valence electrons. The summed E-state index contributed by atoms with van der Waals surface area (Å²) >= 11 is 0. The Morgan fingerprint density at radius 3 is 2.88 bits per heavy atom. The minimum atomic E-state index is -0.0190. The summed E-state index contributed by atoms with van der Waals surface area (Å²) in [5.41, 5.74) is 1.68. The Bertz CT molecular complexity index is 722. The molecule has 0 radical (unpaired) electrons. The Hall–Kier alpha value is -2.28. The summed E-state index contributed by atoms with van der Waals surface area (Å²) in [4.78, 5) is 20.8. The lowest BCUT2D eigenvalue weighted by atomic mass is 10.4. The topological polar surface area (TPSA) is 59.3 Å². The molecule has 1 amide bonds. The van der Waals surface area contributed by atoms with Gasteiger partial charge in [0.2, 0.25) is 0 Å². The van der Waals surface area contributed by atoms with Crippen LogP contribution in [0.5, 0.6) is 5.75 Å². The van der Waals surface area contributed by atoms with Crippen molar-refractivity contribution in [1.29, 1.82) is 0 Å². The number of carbonyl (C=O) groups is 1. The molecule has 0 atom stereocenters. The molecule has 3 rings (SSSR count). The van der Waals surface area contributed by atoms with Crippen LogP contribution in [0, 0.1) is 6.92 Å². The molecule has 0 saturated carbocycles. The lowest BCUT2D eigenvalue weighted by Gasteiger charge is -2.26. The Morgan fingerprint density at radius 1 is 1.42 bits per heavy atom. The molecule has 1 aliphatic heterocycles. The molecular formula is C17H24N4O3. The molecule has 1 saturated heterocycles. The zero-order valence-electron chi connectivity index (χ0n) is 14.5. The van der Waals surface area contributed by atoms with Gasteiger partial charge in [-0.1, -0.05) is 0 Å². The minimum absolute atomic E-state index is 0.0184. The number of carbonyl (C=O) groups excluding carboxylic acids is 1. The lowest BCUT2D eigenvalue weighted by Crippen LogP contribution is -2.43. The number of hydrogen-bond donors (Lipinski definition) is 0. The molecule has 3 heterocycles. The van der Waals surface area contributed by atoms with Crippen LogP contribution in [0.4, 0.5) is 5.82 Å². The molecule has 0 spiro atoms. The second kappa shape index (κ2) is 7.09. The van der Waals surface area contributed by atoms with E-state index in [9.17, 15) is 4.79 Å². The van der Waals surface area contributed by atoms with E-state index < -0.39 is 0 Å². The third kappa shape index (κ3) is 3.17. The number of nitrogens with zero attached hydrogens (tertiary/aromatic N) is 4. The number of anilines is 1. The van der Waals surface area contributed by atoms with Crippen LogP contribution in [0.3, 0.4) is 0 Å². The van der Waals surface area contributed by atoms with Crippen molar-refractivity contribution in [2.45, 2.75) is 13.8 Å². The van der Waals surface area contributed by atoms with Gasteiger partial charge in [-0.15, -0.1) is 0 Å². The zero-order valence-corrected chi connectivity index (χ0v) is 14.5. The van der Waals surface area contributed by atoms with Crippen LogP contribution in [0.25, 0.3) is 5.65 Å². The summed E-state index contributed by atoms with van der Waals surface area (Å²) in [5, 5.41) is 0. The maximum absolute atomic E-state index is 12.2. The average molecular weight is 332 g/mol. The highest BCUT2D eigenvalue weighted by molar-refractivity contribution is 5.78. The van der Waals surface area contributed by atoms with Gasteiger partial charge in [0.15, 0.2) is 18.0 Å². The van der Waals surface area contributed by atoms with Gasteiger partial charge in [-0.2, -0.15) is 0 Å². The maximum Gasteiger partial charge on any atom is 0.260 e. The van der Waals surface area contributed by atoms with E-state index in [-0.39, 0.29) is 12.5 Å². The van der Waals surface area contributed by atoms with E-state index >= 15 is 0 Å². The van der Waals surface area contributed by atoms with Crippen molar-refractivity contribution < 1.29 is 14.3 Å². The zero-order chi connectivity index (χ0) is 17.1. The van der Waals surface area contributed by atoms with Crippen molar-refractivity contribution in [3.63, 3.8) is 0 Å². The first kappa shape index (κ1) is 16.6. The highest BCUT2D eigenvalue weighted by Crippen LogP contribution is 2.26. The molecule has 0 N–H and O–H groups in total. The predicted octanol–water partition coefficient (Wildman–Crippen LogP) is 1.34. The summed E-state index contributed by atoms with van der Waals surface area (Å²) in [6.45, 7) is 7.42. The Kier molecular flexibility index (Phi) is 4.89. The van der Waals surface area contributed by atoms with Gasteiger partial charge >= 0.3 is 0 Å². The SMILES string of the molecule is CCN(C)c1c(C)nc2c(OCC(=O)N3CCOCC3)cccn12. The van der Waals surface area contributed by atoms with Crippen molar-refractivity contribution in [2.75, 3.05) is 51.4 Å². The fourth-order valence-electron chi connectivity index (χ4n) is 2.91. The van der Waals surface area contributed by atoms with E-state index in [1.165, 1.54) is 0 Å². The third-order valence-electron chi connectivity index (χ3n) is 4.31. The molecule has 2 aromatic heterocycles. The molecule has 7 heteroatoms. The third-order valence-corrected chi connectivity index (χ3v) is 4.31. The molecule has 0 bridgehead atoms. The summed E-state index contributed by atoms with van der Waals surface area (Å²) in [6, 6.07) is 3.76. The monoisotopic (exact) mass is 332 g/mol. The number of aromatic nitrogens is 2. The highest BCUT2D eigenvalue weighted by atomic mass is 16.5. The van der Waals surface area contributed by atoms with Crippen LogP contribution >= 0.6 is 0 Å². The maximum atomic E-state index is 12.2. The lowest BCUT2D eigenvalue weighted by molar-refractivity contribution is -0.137. The number of ether oxygens (including phenoxy) is 2. The Morgan fingerprint density at radius 2 is 2.17 bits per heavy atom. The van der Waals surface area contributed by atoms with Gasteiger partial charge in [-0.05, 0) is 26.0 Å². The summed E-state index contributed by atoms with van der Waals surface area (Å²) in [6.07, 6.45) is 1.97. The smallest absolute Gasteiger partial charge is 0.260 e. The summed E-state index contributed by atoms with van der Waals surface area (Å²) < 4.78 is 13.1. The quantitative estimate of drug-likeness (QED) is 0.827. The van der Waals surface area contributed by atoms with Gasteiger partial charge in [0.05, 0.1) is 18.9 Å². The number of aryl methyl sites for hydroxylation is 1. The van der Waals surface area contributed by atoms with Crippen LogP contribution in [-0.4, -0.2) is 66.7 Å². The van der Waals surface area contributed by atoms with Gasteiger partial charge < -0.3 is 19.3 Å². The molecule has 24 heavy (non-hydrogen) atoms. The molecule has 1 aliphatic rings. The number of imidazole rings is 1. The fourth-order valence-corrected chi connectivity index (χ4v) is 2.91. The number of amides is 1. The van der Waals surface area contributed by atoms with E-state index in [2.05, 4.69) is 16.8 Å². The van der Waals surface area contributed by atoms with Gasteiger partial charge in [-0.3, -0.25) is 9.20 Å². The first-order valence-corrected chi connectivity index (χ1v) is 8.29. The number of hydrogen-bond acceptors (Lipinski definition) is 5. The van der Waals surface area contributed by atoms with E-state index in [1.54, 1.807) is 4.90 Å². The van der Waals surface area contributed by atoms with Crippen LogP contribution in [0.15, 0.2) is 18.3 Å². The number of rotatable bonds is 5. The molecule has 0 aliphatic carbocycles. The van der Waals surface area contributed by atoms with E-state index in [0.717, 1.165) is 23.7 Å². The fraction of sp³-hybridized carbons (Fsp3) is 0.529. The van der Waals surface area contributed by atoms with E-state index in [4.69, 9.17) is 9.47 Å². The minimum Gasteiger partial charge on any atom is -0.480 e. The molecule has 2 aromatic rings. The Balaban J connectivity index is 1.78. The van der Waals surface area contributed by atoms with Crippen LogP contribution in [-0.2, 0) is 9.53 Å². The number of morpholine rings is 1. The first-order chi connectivity index (χ1) is 11.6. The highest BCUT2D eigenvalue weighted by Gasteiger charge is 2.19. The van der Waals surface area contributed by atoms with Crippen molar-refractivity contribution in [2.24, 2.45) is 0 Å². The summed E-state index contributed by atoms with van der Waals surface area (Å²) in [7, 11) is 2.03. The van der Waals surface area contributed by atoms with Gasteiger partial charge in [0.1, 0.15) is 5.82 Å². The van der Waals surface area contributed by atoms with Crippen LogP contribution in [0.2, 0.25) is 0 Å². The normalized spacial score (nSPS) is 14.9. The van der Waals surface area contributed by atoms with E-state index in [0.29, 0.717) is 32.1 Å². The Labute approximate surface area is 141 Å². The predicted molar refractivity (Wildman–Crippen MR) is 91.8 cm³/mol. The second-order valence-electron chi connectivity index (χ2n) is 5.88. The second-order valence-corrected chi connectivity index (χ2v) is 5.88. The van der Waals surface area contributed by atoms with Crippen LogP contribution < -0.4 is 9.64 Å². The van der Waals surface area contributed by atoms with Gasteiger partial charge in [0, 0.05) is 32.9 Å². The molecular weight excluding hydrogens is 308 g/mol. The first-order valence-electron chi connectivity index (χ1n) is 8.29. The summed E-state index contributed by atoms with van der Waals surface area (Å²) in [5.74, 6) is 1.64. The van der Waals surface area contributed by atoms with Gasteiger partial charge in [0.25, 0.3) is 5.91 Å². The number of fused-ring (bicyclic) bond motifs is 1. The number of pyridine rings is 1. The molecule has 7 nitrogen and oxygen atoms in total. The average Bonchev–Trinajstić information content (AvgIpc) is 2.96.